The number of rotatable bonds is 4. The highest BCUT2D eigenvalue weighted by atomic mass is 32.1. The highest BCUT2D eigenvalue weighted by Gasteiger charge is 2.41. The molecule has 1 aliphatic rings. The first-order valence-corrected chi connectivity index (χ1v) is 6.51. The van der Waals surface area contributed by atoms with Crippen molar-refractivity contribution >= 4 is 18.5 Å². The van der Waals surface area contributed by atoms with Gasteiger partial charge in [-0.15, -0.1) is 0 Å². The number of amides is 1. The van der Waals surface area contributed by atoms with Crippen LogP contribution in [0.3, 0.4) is 0 Å². The third kappa shape index (κ3) is 5.19. The van der Waals surface area contributed by atoms with Crippen LogP contribution in [0.4, 0.5) is 13.2 Å². The Morgan fingerprint density at radius 2 is 1.82 bits per heavy atom. The number of alkyl halides is 3. The number of carbonyl (C=O) groups excluding carboxylic acids is 1. The lowest BCUT2D eigenvalue weighted by atomic mass is 9.80. The second-order valence-corrected chi connectivity index (χ2v) is 4.98. The highest BCUT2D eigenvalue weighted by molar-refractivity contribution is 7.80. The van der Waals surface area contributed by atoms with Gasteiger partial charge in [0.2, 0.25) is 5.91 Å². The van der Waals surface area contributed by atoms with Gasteiger partial charge in [-0.1, -0.05) is 0 Å². The van der Waals surface area contributed by atoms with E-state index < -0.39 is 12.1 Å². The number of nitrogens with one attached hydrogen (secondary N) is 1. The third-order valence-corrected chi connectivity index (χ3v) is 3.44. The van der Waals surface area contributed by atoms with Crippen molar-refractivity contribution in [2.75, 3.05) is 12.3 Å². The van der Waals surface area contributed by atoms with E-state index in [1.165, 1.54) is 0 Å². The third-order valence-electron chi connectivity index (χ3n) is 3.22. The van der Waals surface area contributed by atoms with E-state index in [2.05, 4.69) is 17.9 Å². The van der Waals surface area contributed by atoms with Crippen molar-refractivity contribution in [3.63, 3.8) is 0 Å². The van der Waals surface area contributed by atoms with E-state index in [4.69, 9.17) is 0 Å². The molecule has 1 amide bonds. The van der Waals surface area contributed by atoms with E-state index in [9.17, 15) is 18.0 Å². The summed E-state index contributed by atoms with van der Waals surface area (Å²) in [5, 5.41) is 2.68. The second kappa shape index (κ2) is 6.52. The largest absolute Gasteiger partial charge is 0.391 e. The molecule has 0 saturated heterocycles. The van der Waals surface area contributed by atoms with E-state index in [-0.39, 0.29) is 24.7 Å². The highest BCUT2D eigenvalue weighted by Crippen LogP contribution is 2.40. The van der Waals surface area contributed by atoms with Gasteiger partial charge in [-0.05, 0) is 31.6 Å². The van der Waals surface area contributed by atoms with Gasteiger partial charge < -0.3 is 5.32 Å². The van der Waals surface area contributed by atoms with Crippen molar-refractivity contribution < 1.29 is 18.0 Å². The van der Waals surface area contributed by atoms with Crippen molar-refractivity contribution in [1.29, 1.82) is 0 Å². The van der Waals surface area contributed by atoms with Gasteiger partial charge in [0, 0.05) is 18.7 Å². The summed E-state index contributed by atoms with van der Waals surface area (Å²) < 4.78 is 37.2. The molecule has 100 valence electrons. The molecule has 6 heteroatoms. The Balaban J connectivity index is 2.25. The molecule has 1 fully saturated rings. The number of hydrogen-bond donors (Lipinski definition) is 2. The Morgan fingerprint density at radius 3 is 2.29 bits per heavy atom. The van der Waals surface area contributed by atoms with Crippen molar-refractivity contribution in [1.82, 2.24) is 5.32 Å². The summed E-state index contributed by atoms with van der Waals surface area (Å²) in [6, 6.07) is 0. The first kappa shape index (κ1) is 14.7. The normalized spacial score (nSPS) is 25.6. The van der Waals surface area contributed by atoms with E-state index >= 15 is 0 Å². The molecule has 1 rings (SSSR count). The maximum atomic E-state index is 12.4. The summed E-state index contributed by atoms with van der Waals surface area (Å²) in [6.07, 6.45) is -2.41. The molecule has 1 aliphatic carbocycles. The molecule has 0 atom stereocenters. The summed E-state index contributed by atoms with van der Waals surface area (Å²) in [5.41, 5.74) is 0. The Morgan fingerprint density at radius 1 is 1.24 bits per heavy atom. The predicted octanol–water partition coefficient (Wildman–Crippen LogP) is 2.79. The van der Waals surface area contributed by atoms with E-state index in [1.54, 1.807) is 0 Å². The minimum atomic E-state index is -4.07. The van der Waals surface area contributed by atoms with Gasteiger partial charge >= 0.3 is 6.18 Å². The van der Waals surface area contributed by atoms with Crippen molar-refractivity contribution in [3.05, 3.63) is 0 Å². The van der Waals surface area contributed by atoms with Crippen molar-refractivity contribution in [2.45, 2.75) is 38.3 Å². The molecule has 0 aliphatic heterocycles. The van der Waals surface area contributed by atoms with Crippen molar-refractivity contribution in [2.24, 2.45) is 11.8 Å². The second-order valence-electron chi connectivity index (χ2n) is 4.54. The molecule has 0 radical (unpaired) electrons. The van der Waals surface area contributed by atoms with Crippen LogP contribution in [0, 0.1) is 11.8 Å². The fourth-order valence-electron chi connectivity index (χ4n) is 2.22. The Hall–Kier alpha value is -0.390. The van der Waals surface area contributed by atoms with Crippen LogP contribution in [0.15, 0.2) is 0 Å². The van der Waals surface area contributed by atoms with Gasteiger partial charge in [0.1, 0.15) is 0 Å². The summed E-state index contributed by atoms with van der Waals surface area (Å²) in [6.45, 7) is 0.514. The first-order valence-electron chi connectivity index (χ1n) is 5.87. The van der Waals surface area contributed by atoms with Gasteiger partial charge in [0.15, 0.2) is 0 Å². The molecular formula is C11H18F3NOS. The zero-order valence-electron chi connectivity index (χ0n) is 9.59. The predicted molar refractivity (Wildman–Crippen MR) is 63.0 cm³/mol. The Bertz CT molecular complexity index is 250. The maximum absolute atomic E-state index is 12.4. The average Bonchev–Trinajstić information content (AvgIpc) is 2.26. The fourth-order valence-corrected chi connectivity index (χ4v) is 2.34. The van der Waals surface area contributed by atoms with E-state index in [1.807, 2.05) is 0 Å². The maximum Gasteiger partial charge on any atom is 0.391 e. The lowest BCUT2D eigenvalue weighted by molar-refractivity contribution is -0.184. The molecule has 0 heterocycles. The molecule has 17 heavy (non-hydrogen) atoms. The first-order chi connectivity index (χ1) is 7.93. The fraction of sp³-hybridized carbons (Fsp3) is 0.909. The summed E-state index contributed by atoms with van der Waals surface area (Å²) in [5.74, 6) is -0.561. The van der Waals surface area contributed by atoms with Crippen LogP contribution in [-0.2, 0) is 4.79 Å². The molecule has 0 spiro atoms. The number of halogens is 3. The lowest BCUT2D eigenvalue weighted by Gasteiger charge is -2.29. The molecule has 0 aromatic heterocycles. The molecule has 0 unspecified atom stereocenters. The van der Waals surface area contributed by atoms with E-state index in [0.29, 0.717) is 31.6 Å². The Kier molecular flexibility index (Phi) is 5.62. The zero-order chi connectivity index (χ0) is 12.9. The number of hydrogen-bond acceptors (Lipinski definition) is 2. The van der Waals surface area contributed by atoms with Crippen LogP contribution in [0.25, 0.3) is 0 Å². The Labute approximate surface area is 105 Å². The van der Waals surface area contributed by atoms with Gasteiger partial charge in [0.25, 0.3) is 0 Å². The lowest BCUT2D eigenvalue weighted by Crippen LogP contribution is -2.31. The zero-order valence-corrected chi connectivity index (χ0v) is 10.5. The van der Waals surface area contributed by atoms with E-state index in [0.717, 1.165) is 0 Å². The average molecular weight is 269 g/mol. The van der Waals surface area contributed by atoms with Gasteiger partial charge in [-0.3, -0.25) is 4.79 Å². The summed E-state index contributed by atoms with van der Waals surface area (Å²) in [4.78, 5) is 11.4. The molecule has 1 saturated carbocycles. The monoisotopic (exact) mass is 269 g/mol. The summed E-state index contributed by atoms with van der Waals surface area (Å²) >= 11 is 3.96. The van der Waals surface area contributed by atoms with Gasteiger partial charge in [0.05, 0.1) is 5.92 Å². The van der Waals surface area contributed by atoms with Crippen LogP contribution in [0.1, 0.15) is 32.1 Å². The standard InChI is InChI=1S/C11H18F3NOS/c12-11(13,14)9-3-1-8(2-4-9)7-10(16)15-5-6-17/h8-9,17H,1-7H2,(H,15,16). The molecule has 0 bridgehead atoms. The molecule has 0 aromatic rings. The minimum absolute atomic E-state index is 0.0745. The van der Waals surface area contributed by atoms with Gasteiger partial charge in [-0.25, -0.2) is 0 Å². The van der Waals surface area contributed by atoms with Crippen molar-refractivity contribution in [3.8, 4) is 0 Å². The number of carbonyl (C=O) groups is 1. The van der Waals surface area contributed by atoms with Gasteiger partial charge in [-0.2, -0.15) is 25.8 Å². The van der Waals surface area contributed by atoms with Crippen LogP contribution in [0.5, 0.6) is 0 Å². The number of thiol groups is 1. The molecule has 1 N–H and O–H groups in total. The SMILES string of the molecule is O=C(CC1CCC(C(F)(F)F)CC1)NCCS. The molecule has 0 aromatic carbocycles. The molecule has 2 nitrogen and oxygen atoms in total. The summed E-state index contributed by atoms with van der Waals surface area (Å²) in [7, 11) is 0. The topological polar surface area (TPSA) is 29.1 Å². The minimum Gasteiger partial charge on any atom is -0.355 e. The van der Waals surface area contributed by atoms with Crippen LogP contribution in [-0.4, -0.2) is 24.4 Å². The van der Waals surface area contributed by atoms with Crippen LogP contribution >= 0.6 is 12.6 Å². The molecular weight excluding hydrogens is 251 g/mol. The smallest absolute Gasteiger partial charge is 0.355 e. The van der Waals surface area contributed by atoms with Crippen LogP contribution < -0.4 is 5.32 Å². The quantitative estimate of drug-likeness (QED) is 0.755. The van der Waals surface area contributed by atoms with Crippen LogP contribution in [0.2, 0.25) is 0 Å².